The van der Waals surface area contributed by atoms with Crippen LogP contribution < -0.4 is 0 Å². The zero-order valence-electron chi connectivity index (χ0n) is 7.72. The molecule has 12 heavy (non-hydrogen) atoms. The zero-order valence-corrected chi connectivity index (χ0v) is 7.72. The van der Waals surface area contributed by atoms with Crippen LogP contribution in [0.4, 0.5) is 0 Å². The Morgan fingerprint density at radius 1 is 1.67 bits per heavy atom. The Kier molecular flexibility index (Phi) is 2.22. The molecule has 1 aliphatic rings. The molecule has 1 atom stereocenters. The number of cyclic esters (lactones) is 1. The molecule has 0 unspecified atom stereocenters. The van der Waals surface area contributed by atoms with Gasteiger partial charge in [-0.3, -0.25) is 4.79 Å². The third-order valence-corrected chi connectivity index (χ3v) is 1.98. The molecule has 3 nitrogen and oxygen atoms in total. The first-order valence-corrected chi connectivity index (χ1v) is 4.13. The molecule has 3 heteroatoms. The predicted molar refractivity (Wildman–Crippen MR) is 43.6 cm³/mol. The van der Waals surface area contributed by atoms with Gasteiger partial charge in [0.1, 0.15) is 11.4 Å². The van der Waals surface area contributed by atoms with Crippen LogP contribution in [0.15, 0.2) is 0 Å². The van der Waals surface area contributed by atoms with Crippen molar-refractivity contribution >= 4 is 11.8 Å². The number of esters is 1. The van der Waals surface area contributed by atoms with Gasteiger partial charge in [0.2, 0.25) is 0 Å². The summed E-state index contributed by atoms with van der Waals surface area (Å²) >= 11 is 0. The van der Waals surface area contributed by atoms with Crippen LogP contribution in [-0.2, 0) is 14.3 Å². The summed E-state index contributed by atoms with van der Waals surface area (Å²) in [4.78, 5) is 21.9. The molecule has 0 aromatic rings. The second-order valence-corrected chi connectivity index (χ2v) is 3.99. The fourth-order valence-electron chi connectivity index (χ4n) is 1.58. The van der Waals surface area contributed by atoms with Crippen LogP contribution in [0, 0.1) is 5.92 Å². The summed E-state index contributed by atoms with van der Waals surface area (Å²) < 4.78 is 5.07. The van der Waals surface area contributed by atoms with E-state index in [1.807, 2.05) is 13.8 Å². The molecule has 0 amide bonds. The van der Waals surface area contributed by atoms with Gasteiger partial charge in [-0.25, -0.2) is 0 Å². The smallest absolute Gasteiger partial charge is 0.310 e. The molecular weight excluding hydrogens is 156 g/mol. The summed E-state index contributed by atoms with van der Waals surface area (Å²) in [6, 6.07) is 0. The molecular formula is C9H14O3. The molecule has 0 N–H and O–H groups in total. The van der Waals surface area contributed by atoms with Crippen LogP contribution in [0.5, 0.6) is 0 Å². The summed E-state index contributed by atoms with van der Waals surface area (Å²) in [6.07, 6.45) is 0.980. The van der Waals surface area contributed by atoms with Crippen LogP contribution in [0.3, 0.4) is 0 Å². The van der Waals surface area contributed by atoms with Crippen molar-refractivity contribution in [1.82, 2.24) is 0 Å². The fourth-order valence-corrected chi connectivity index (χ4v) is 1.58. The minimum absolute atomic E-state index is 0.0506. The molecule has 0 aromatic heterocycles. The lowest BCUT2D eigenvalue weighted by atomic mass is 9.94. The predicted octanol–water partition coefficient (Wildman–Crippen LogP) is 1.31. The van der Waals surface area contributed by atoms with E-state index in [9.17, 15) is 9.59 Å². The topological polar surface area (TPSA) is 43.4 Å². The van der Waals surface area contributed by atoms with Gasteiger partial charge in [-0.2, -0.15) is 0 Å². The SMILES string of the molecule is CC(=O)C[C@H]1CC(C)(C)OC1=O. The maximum Gasteiger partial charge on any atom is 0.310 e. The first-order chi connectivity index (χ1) is 5.41. The molecule has 0 spiro atoms. The number of ketones is 1. The standard InChI is InChI=1S/C9H14O3/c1-6(10)4-7-5-9(2,3)12-8(7)11/h7H,4-5H2,1-3H3/t7-/m0/s1. The summed E-state index contributed by atoms with van der Waals surface area (Å²) in [5, 5.41) is 0. The molecule has 68 valence electrons. The zero-order chi connectivity index (χ0) is 9.35. The van der Waals surface area contributed by atoms with Crippen LogP contribution in [0.25, 0.3) is 0 Å². The van der Waals surface area contributed by atoms with E-state index in [0.29, 0.717) is 12.8 Å². The highest BCUT2D eigenvalue weighted by Crippen LogP contribution is 2.32. The lowest BCUT2D eigenvalue weighted by Gasteiger charge is -2.14. The maximum atomic E-state index is 11.2. The van der Waals surface area contributed by atoms with Gasteiger partial charge in [0.05, 0.1) is 5.92 Å². The lowest BCUT2D eigenvalue weighted by molar-refractivity contribution is -0.149. The molecule has 0 saturated carbocycles. The largest absolute Gasteiger partial charge is 0.459 e. The van der Waals surface area contributed by atoms with Crippen molar-refractivity contribution in [2.45, 2.75) is 39.2 Å². The number of carbonyl (C=O) groups is 2. The number of hydrogen-bond acceptors (Lipinski definition) is 3. The van der Waals surface area contributed by atoms with Crippen molar-refractivity contribution in [3.8, 4) is 0 Å². The molecule has 1 saturated heterocycles. The van der Waals surface area contributed by atoms with Crippen molar-refractivity contribution in [1.29, 1.82) is 0 Å². The van der Waals surface area contributed by atoms with Crippen LogP contribution in [0.1, 0.15) is 33.6 Å². The first-order valence-electron chi connectivity index (χ1n) is 4.13. The summed E-state index contributed by atoms with van der Waals surface area (Å²) in [5.41, 5.74) is -0.378. The normalized spacial score (nSPS) is 26.9. The van der Waals surface area contributed by atoms with Crippen LogP contribution in [0.2, 0.25) is 0 Å². The van der Waals surface area contributed by atoms with E-state index in [2.05, 4.69) is 0 Å². The monoisotopic (exact) mass is 170 g/mol. The number of ether oxygens (including phenoxy) is 1. The van der Waals surface area contributed by atoms with Gasteiger partial charge in [-0.1, -0.05) is 0 Å². The summed E-state index contributed by atoms with van der Waals surface area (Å²) in [6.45, 7) is 5.23. The summed E-state index contributed by atoms with van der Waals surface area (Å²) in [7, 11) is 0. The van der Waals surface area contributed by atoms with Gasteiger partial charge in [0.15, 0.2) is 0 Å². The molecule has 0 radical (unpaired) electrons. The van der Waals surface area contributed by atoms with E-state index in [4.69, 9.17) is 4.74 Å². The maximum absolute atomic E-state index is 11.2. The highest BCUT2D eigenvalue weighted by Gasteiger charge is 2.40. The quantitative estimate of drug-likeness (QED) is 0.587. The van der Waals surface area contributed by atoms with E-state index < -0.39 is 0 Å². The number of carbonyl (C=O) groups excluding carboxylic acids is 2. The number of rotatable bonds is 2. The van der Waals surface area contributed by atoms with Gasteiger partial charge in [-0.05, 0) is 20.8 Å². The highest BCUT2D eigenvalue weighted by molar-refractivity contribution is 5.84. The van der Waals surface area contributed by atoms with E-state index >= 15 is 0 Å². The Balaban J connectivity index is 2.58. The number of Topliss-reactive ketones (excluding diaryl/α,β-unsaturated/α-hetero) is 1. The molecule has 0 aliphatic carbocycles. The molecule has 1 fully saturated rings. The van der Waals surface area contributed by atoms with E-state index in [1.165, 1.54) is 6.92 Å². The van der Waals surface area contributed by atoms with Gasteiger partial charge in [-0.15, -0.1) is 0 Å². The van der Waals surface area contributed by atoms with Gasteiger partial charge in [0.25, 0.3) is 0 Å². The van der Waals surface area contributed by atoms with Crippen LogP contribution in [-0.4, -0.2) is 17.4 Å². The van der Waals surface area contributed by atoms with Gasteiger partial charge < -0.3 is 9.53 Å². The third kappa shape index (κ3) is 2.06. The van der Waals surface area contributed by atoms with Crippen LogP contribution >= 0.6 is 0 Å². The van der Waals surface area contributed by atoms with Crippen molar-refractivity contribution in [2.75, 3.05) is 0 Å². The van der Waals surface area contributed by atoms with Gasteiger partial charge >= 0.3 is 5.97 Å². The Morgan fingerprint density at radius 3 is 2.58 bits per heavy atom. The van der Waals surface area contributed by atoms with E-state index in [0.717, 1.165) is 0 Å². The Labute approximate surface area is 72.1 Å². The second-order valence-electron chi connectivity index (χ2n) is 3.99. The average Bonchev–Trinajstić information content (AvgIpc) is 2.03. The second kappa shape index (κ2) is 2.88. The highest BCUT2D eigenvalue weighted by atomic mass is 16.6. The minimum Gasteiger partial charge on any atom is -0.459 e. The lowest BCUT2D eigenvalue weighted by Crippen LogP contribution is -2.17. The first kappa shape index (κ1) is 9.23. The van der Waals surface area contributed by atoms with Crippen molar-refractivity contribution < 1.29 is 14.3 Å². The Hall–Kier alpha value is -0.860. The molecule has 0 aromatic carbocycles. The minimum atomic E-state index is -0.378. The molecule has 0 bridgehead atoms. The van der Waals surface area contributed by atoms with Crippen molar-refractivity contribution in [3.63, 3.8) is 0 Å². The third-order valence-electron chi connectivity index (χ3n) is 1.98. The molecule has 1 aliphatic heterocycles. The number of hydrogen-bond donors (Lipinski definition) is 0. The summed E-state index contributed by atoms with van der Waals surface area (Å²) in [5.74, 6) is -0.387. The Bertz CT molecular complexity index is 218. The molecule has 1 rings (SSSR count). The van der Waals surface area contributed by atoms with E-state index in [-0.39, 0.29) is 23.3 Å². The average molecular weight is 170 g/mol. The van der Waals surface area contributed by atoms with E-state index in [1.54, 1.807) is 0 Å². The van der Waals surface area contributed by atoms with Crippen molar-refractivity contribution in [3.05, 3.63) is 0 Å². The van der Waals surface area contributed by atoms with Crippen molar-refractivity contribution in [2.24, 2.45) is 5.92 Å². The van der Waals surface area contributed by atoms with Gasteiger partial charge in [0, 0.05) is 12.8 Å². The molecule has 1 heterocycles. The fraction of sp³-hybridized carbons (Fsp3) is 0.778. The Morgan fingerprint density at radius 2 is 2.25 bits per heavy atom.